The van der Waals surface area contributed by atoms with Crippen molar-refractivity contribution in [2.75, 3.05) is 4.72 Å². The van der Waals surface area contributed by atoms with Gasteiger partial charge in [-0.3, -0.25) is 4.72 Å². The fourth-order valence-electron chi connectivity index (χ4n) is 1.64. The number of aryl methyl sites for hydroxylation is 1. The van der Waals surface area contributed by atoms with Crippen LogP contribution in [0.4, 0.5) is 5.82 Å². The van der Waals surface area contributed by atoms with Gasteiger partial charge < -0.3 is 0 Å². The van der Waals surface area contributed by atoms with E-state index >= 15 is 0 Å². The number of nitrogens with zero attached hydrogens (tertiary/aromatic N) is 1. The molecule has 0 bridgehead atoms. The number of nitrogens with one attached hydrogen (secondary N) is 1. The van der Waals surface area contributed by atoms with Crippen LogP contribution in [0, 0.1) is 6.92 Å². The number of benzene rings is 1. The molecule has 0 aliphatic carbocycles. The molecule has 0 aliphatic heterocycles. The van der Waals surface area contributed by atoms with Crippen LogP contribution in [-0.4, -0.2) is 13.4 Å². The minimum Gasteiger partial charge on any atom is -0.267 e. The Kier molecular flexibility index (Phi) is 3.62. The minimum atomic E-state index is -3.42. The molecule has 0 aliphatic rings. The Morgan fingerprint density at radius 1 is 1.17 bits per heavy atom. The molecule has 2 rings (SSSR count). The molecule has 0 spiro atoms. The lowest BCUT2D eigenvalue weighted by atomic mass is 10.2. The van der Waals surface area contributed by atoms with E-state index in [1.807, 2.05) is 25.1 Å². The molecule has 4 nitrogen and oxygen atoms in total. The van der Waals surface area contributed by atoms with Gasteiger partial charge in [-0.2, -0.15) is 0 Å². The molecule has 2 aromatic rings. The highest BCUT2D eigenvalue weighted by Crippen LogP contribution is 2.11. The second-order valence-corrected chi connectivity index (χ2v) is 5.79. The maximum Gasteiger partial charge on any atom is 0.238 e. The van der Waals surface area contributed by atoms with Gasteiger partial charge >= 0.3 is 0 Å². The molecule has 94 valence electrons. The van der Waals surface area contributed by atoms with Gasteiger partial charge in [0, 0.05) is 6.20 Å². The first-order valence-corrected chi connectivity index (χ1v) is 7.17. The van der Waals surface area contributed by atoms with Gasteiger partial charge in [0.15, 0.2) is 0 Å². The standard InChI is InChI=1S/C13H14N2O2S/c1-11-5-4-6-12(9-11)10-18(16,17)15-13-7-2-3-8-14-13/h2-9H,10H2,1H3,(H,14,15). The first-order chi connectivity index (χ1) is 8.55. The van der Waals surface area contributed by atoms with Gasteiger partial charge in [-0.25, -0.2) is 13.4 Å². The van der Waals surface area contributed by atoms with Crippen LogP contribution in [-0.2, 0) is 15.8 Å². The zero-order valence-corrected chi connectivity index (χ0v) is 10.8. The molecule has 0 saturated heterocycles. The van der Waals surface area contributed by atoms with Gasteiger partial charge in [0.25, 0.3) is 0 Å². The maximum atomic E-state index is 11.9. The predicted octanol–water partition coefficient (Wildman–Crippen LogP) is 2.33. The third kappa shape index (κ3) is 3.56. The zero-order valence-electron chi connectivity index (χ0n) is 10.00. The summed E-state index contributed by atoms with van der Waals surface area (Å²) in [5, 5.41) is 0. The predicted molar refractivity (Wildman–Crippen MR) is 71.7 cm³/mol. The lowest BCUT2D eigenvalue weighted by Gasteiger charge is -2.07. The Hall–Kier alpha value is -1.88. The summed E-state index contributed by atoms with van der Waals surface area (Å²) in [4.78, 5) is 3.93. The third-order valence-corrected chi connectivity index (χ3v) is 3.60. The van der Waals surface area contributed by atoms with Gasteiger partial charge in [0.05, 0.1) is 5.75 Å². The lowest BCUT2D eigenvalue weighted by Crippen LogP contribution is -2.15. The van der Waals surface area contributed by atoms with Crippen molar-refractivity contribution in [3.05, 3.63) is 59.8 Å². The normalized spacial score (nSPS) is 11.2. The van der Waals surface area contributed by atoms with Crippen LogP contribution in [0.5, 0.6) is 0 Å². The van der Waals surface area contributed by atoms with Crippen LogP contribution in [0.2, 0.25) is 0 Å². The highest BCUT2D eigenvalue weighted by atomic mass is 32.2. The van der Waals surface area contributed by atoms with E-state index in [0.717, 1.165) is 11.1 Å². The van der Waals surface area contributed by atoms with Gasteiger partial charge in [-0.15, -0.1) is 0 Å². The monoisotopic (exact) mass is 262 g/mol. The summed E-state index contributed by atoms with van der Waals surface area (Å²) in [6.07, 6.45) is 1.55. The van der Waals surface area contributed by atoms with E-state index in [4.69, 9.17) is 0 Å². The van der Waals surface area contributed by atoms with Crippen molar-refractivity contribution in [3.63, 3.8) is 0 Å². The second kappa shape index (κ2) is 5.18. The van der Waals surface area contributed by atoms with Crippen LogP contribution in [0.25, 0.3) is 0 Å². The summed E-state index contributed by atoms with van der Waals surface area (Å²) in [6, 6.07) is 12.5. The summed E-state index contributed by atoms with van der Waals surface area (Å²) in [5.41, 5.74) is 1.80. The number of rotatable bonds is 4. The van der Waals surface area contributed by atoms with Crippen molar-refractivity contribution < 1.29 is 8.42 Å². The molecule has 0 amide bonds. The van der Waals surface area contributed by atoms with E-state index in [-0.39, 0.29) is 5.75 Å². The molecule has 1 N–H and O–H groups in total. The third-order valence-electron chi connectivity index (χ3n) is 2.36. The largest absolute Gasteiger partial charge is 0.267 e. The van der Waals surface area contributed by atoms with E-state index in [0.29, 0.717) is 5.82 Å². The molecule has 0 fully saturated rings. The van der Waals surface area contributed by atoms with Crippen molar-refractivity contribution in [1.29, 1.82) is 0 Å². The van der Waals surface area contributed by atoms with Gasteiger partial charge in [-0.1, -0.05) is 35.9 Å². The number of aromatic nitrogens is 1. The Labute approximate surface area is 107 Å². The number of sulfonamides is 1. The quantitative estimate of drug-likeness (QED) is 0.920. The van der Waals surface area contributed by atoms with E-state index < -0.39 is 10.0 Å². The molecular weight excluding hydrogens is 248 g/mol. The Morgan fingerprint density at radius 2 is 2.00 bits per heavy atom. The second-order valence-electron chi connectivity index (χ2n) is 4.07. The number of anilines is 1. The smallest absolute Gasteiger partial charge is 0.238 e. The van der Waals surface area contributed by atoms with Crippen LogP contribution in [0.1, 0.15) is 11.1 Å². The van der Waals surface area contributed by atoms with Gasteiger partial charge in [0.2, 0.25) is 10.0 Å². The van der Waals surface area contributed by atoms with Crippen molar-refractivity contribution in [2.45, 2.75) is 12.7 Å². The summed E-state index contributed by atoms with van der Waals surface area (Å²) in [6.45, 7) is 1.93. The minimum absolute atomic E-state index is 0.0503. The molecule has 5 heteroatoms. The van der Waals surface area contributed by atoms with Crippen LogP contribution < -0.4 is 4.72 Å². The van der Waals surface area contributed by atoms with Crippen molar-refractivity contribution in [3.8, 4) is 0 Å². The molecule has 0 atom stereocenters. The Bertz CT molecular complexity index is 624. The summed E-state index contributed by atoms with van der Waals surface area (Å²) in [5.74, 6) is 0.288. The van der Waals surface area contributed by atoms with Gasteiger partial charge in [0.1, 0.15) is 5.82 Å². The maximum absolute atomic E-state index is 11.9. The number of hydrogen-bond donors (Lipinski definition) is 1. The summed E-state index contributed by atoms with van der Waals surface area (Å²) in [7, 11) is -3.42. The summed E-state index contributed by atoms with van der Waals surface area (Å²) >= 11 is 0. The number of pyridine rings is 1. The molecular formula is C13H14N2O2S. The Morgan fingerprint density at radius 3 is 2.67 bits per heavy atom. The van der Waals surface area contributed by atoms with Crippen LogP contribution in [0.3, 0.4) is 0 Å². The molecule has 1 aromatic heterocycles. The highest BCUT2D eigenvalue weighted by molar-refractivity contribution is 7.91. The Balaban J connectivity index is 2.13. The first-order valence-electron chi connectivity index (χ1n) is 5.52. The van der Waals surface area contributed by atoms with Crippen LogP contribution in [0.15, 0.2) is 48.7 Å². The summed E-state index contributed by atoms with van der Waals surface area (Å²) < 4.78 is 26.3. The molecule has 1 aromatic carbocycles. The van der Waals surface area contributed by atoms with Crippen LogP contribution >= 0.6 is 0 Å². The molecule has 18 heavy (non-hydrogen) atoms. The van der Waals surface area contributed by atoms with Crippen molar-refractivity contribution >= 4 is 15.8 Å². The molecule has 0 radical (unpaired) electrons. The fraction of sp³-hybridized carbons (Fsp3) is 0.154. The SMILES string of the molecule is Cc1cccc(CS(=O)(=O)Nc2ccccn2)c1. The topological polar surface area (TPSA) is 59.1 Å². The molecule has 0 saturated carbocycles. The van der Waals surface area contributed by atoms with E-state index in [1.54, 1.807) is 30.5 Å². The van der Waals surface area contributed by atoms with E-state index in [9.17, 15) is 8.42 Å². The van der Waals surface area contributed by atoms with E-state index in [2.05, 4.69) is 9.71 Å². The van der Waals surface area contributed by atoms with Gasteiger partial charge in [-0.05, 0) is 24.6 Å². The van der Waals surface area contributed by atoms with Crippen molar-refractivity contribution in [1.82, 2.24) is 4.98 Å². The average Bonchev–Trinajstić information content (AvgIpc) is 2.28. The molecule has 1 heterocycles. The number of hydrogen-bond acceptors (Lipinski definition) is 3. The highest BCUT2D eigenvalue weighted by Gasteiger charge is 2.12. The lowest BCUT2D eigenvalue weighted by molar-refractivity contribution is 0.600. The fourth-order valence-corrected chi connectivity index (χ4v) is 2.77. The van der Waals surface area contributed by atoms with E-state index in [1.165, 1.54) is 0 Å². The molecule has 0 unspecified atom stereocenters. The zero-order chi connectivity index (χ0) is 13.0. The average molecular weight is 262 g/mol. The first kappa shape index (κ1) is 12.6. The van der Waals surface area contributed by atoms with Crippen molar-refractivity contribution in [2.24, 2.45) is 0 Å².